The molecule has 3 nitrogen and oxygen atoms in total. The number of carbonyl (C=O) groups is 1. The van der Waals surface area contributed by atoms with E-state index in [9.17, 15) is 15.0 Å². The van der Waals surface area contributed by atoms with Crippen molar-refractivity contribution in [2.24, 2.45) is 11.8 Å². The van der Waals surface area contributed by atoms with Crippen LogP contribution in [0.1, 0.15) is 71.6 Å². The van der Waals surface area contributed by atoms with Gasteiger partial charge in [-0.2, -0.15) is 0 Å². The second-order valence-electron chi connectivity index (χ2n) is 5.87. The van der Waals surface area contributed by atoms with Crippen molar-refractivity contribution in [1.82, 2.24) is 0 Å². The van der Waals surface area contributed by atoms with Crippen LogP contribution in [0.3, 0.4) is 0 Å². The second-order valence-corrected chi connectivity index (χ2v) is 5.87. The Hall–Kier alpha value is -0.570. The molecule has 0 bridgehead atoms. The van der Waals surface area contributed by atoms with Crippen molar-refractivity contribution in [3.63, 3.8) is 0 Å². The lowest BCUT2D eigenvalue weighted by molar-refractivity contribution is -0.154. The van der Waals surface area contributed by atoms with Crippen molar-refractivity contribution in [2.75, 3.05) is 0 Å². The zero-order valence-electron chi connectivity index (χ0n) is 11.8. The first kappa shape index (κ1) is 15.5. The van der Waals surface area contributed by atoms with Gasteiger partial charge in [0.15, 0.2) is 0 Å². The van der Waals surface area contributed by atoms with Crippen LogP contribution in [-0.2, 0) is 4.79 Å². The molecule has 1 aliphatic rings. The molecule has 0 aromatic heterocycles. The average Bonchev–Trinajstić information content (AvgIpc) is 2.50. The molecule has 1 rings (SSSR count). The van der Waals surface area contributed by atoms with E-state index in [1.807, 2.05) is 6.92 Å². The fraction of sp³-hybridized carbons (Fsp3) is 0.933. The minimum atomic E-state index is -0.968. The first-order valence-corrected chi connectivity index (χ1v) is 7.48. The summed E-state index contributed by atoms with van der Waals surface area (Å²) in [6.45, 7) is 4.17. The zero-order chi connectivity index (χ0) is 13.6. The Morgan fingerprint density at radius 3 is 2.56 bits per heavy atom. The number of aliphatic carboxylic acids is 1. The van der Waals surface area contributed by atoms with Gasteiger partial charge in [-0.1, -0.05) is 46.0 Å². The maximum absolute atomic E-state index is 11.4. The Morgan fingerprint density at radius 1 is 1.28 bits per heavy atom. The number of carboxylic acids is 1. The molecule has 106 valence electrons. The van der Waals surface area contributed by atoms with Crippen molar-refractivity contribution in [3.8, 4) is 0 Å². The third-order valence-corrected chi connectivity index (χ3v) is 4.43. The smallest absolute Gasteiger partial charge is 0.309 e. The highest BCUT2D eigenvalue weighted by atomic mass is 16.4. The monoisotopic (exact) mass is 256 g/mol. The molecule has 1 saturated carbocycles. The molecule has 2 N–H and O–H groups in total. The molecular formula is C15H28O3. The zero-order valence-corrected chi connectivity index (χ0v) is 11.8. The summed E-state index contributed by atoms with van der Waals surface area (Å²) in [5, 5.41) is 20.0. The van der Waals surface area contributed by atoms with E-state index in [2.05, 4.69) is 6.92 Å². The number of hydrogen-bond donors (Lipinski definition) is 2. The van der Waals surface area contributed by atoms with Gasteiger partial charge in [0.2, 0.25) is 0 Å². The first-order chi connectivity index (χ1) is 8.53. The molecule has 1 fully saturated rings. The summed E-state index contributed by atoms with van der Waals surface area (Å²) in [4.78, 5) is 11.4. The third kappa shape index (κ3) is 3.98. The van der Waals surface area contributed by atoms with Crippen LogP contribution in [0.25, 0.3) is 0 Å². The van der Waals surface area contributed by atoms with E-state index in [0.717, 1.165) is 25.7 Å². The van der Waals surface area contributed by atoms with Gasteiger partial charge >= 0.3 is 5.97 Å². The minimum Gasteiger partial charge on any atom is -0.481 e. The molecular weight excluding hydrogens is 228 g/mol. The Bertz CT molecular complexity index is 264. The fourth-order valence-electron chi connectivity index (χ4n) is 3.38. The molecule has 0 radical (unpaired) electrons. The van der Waals surface area contributed by atoms with E-state index >= 15 is 0 Å². The van der Waals surface area contributed by atoms with E-state index in [1.54, 1.807) is 0 Å². The molecule has 18 heavy (non-hydrogen) atoms. The lowest BCUT2D eigenvalue weighted by atomic mass is 9.78. The molecule has 1 aliphatic carbocycles. The Morgan fingerprint density at radius 2 is 2.00 bits per heavy atom. The SMILES string of the molecule is CCCC1CCCC(O)(C(CCC)C(=O)O)CC1. The molecule has 3 atom stereocenters. The average molecular weight is 256 g/mol. The van der Waals surface area contributed by atoms with Crippen LogP contribution >= 0.6 is 0 Å². The molecule has 0 aromatic rings. The highest BCUT2D eigenvalue weighted by Gasteiger charge is 2.41. The maximum Gasteiger partial charge on any atom is 0.309 e. The van der Waals surface area contributed by atoms with E-state index in [0.29, 0.717) is 25.2 Å². The van der Waals surface area contributed by atoms with Crippen LogP contribution in [-0.4, -0.2) is 21.8 Å². The normalized spacial score (nSPS) is 30.7. The standard InChI is InChI=1S/C15H28O3/c1-3-6-12-8-5-10-15(18,11-9-12)13(7-4-2)14(16)17/h12-13,18H,3-11H2,1-2H3,(H,16,17). The van der Waals surface area contributed by atoms with Gasteiger partial charge in [0, 0.05) is 0 Å². The second kappa shape index (κ2) is 7.13. The largest absolute Gasteiger partial charge is 0.481 e. The maximum atomic E-state index is 11.4. The highest BCUT2D eigenvalue weighted by Crippen LogP contribution is 2.38. The molecule has 0 amide bonds. The number of aliphatic hydroxyl groups is 1. The summed E-state index contributed by atoms with van der Waals surface area (Å²) in [6.07, 6.45) is 8.21. The van der Waals surface area contributed by atoms with Crippen molar-refractivity contribution in [3.05, 3.63) is 0 Å². The van der Waals surface area contributed by atoms with Crippen LogP contribution in [0.5, 0.6) is 0 Å². The van der Waals surface area contributed by atoms with Crippen LogP contribution in [0.4, 0.5) is 0 Å². The summed E-state index contributed by atoms with van der Waals surface area (Å²) in [7, 11) is 0. The third-order valence-electron chi connectivity index (χ3n) is 4.43. The first-order valence-electron chi connectivity index (χ1n) is 7.48. The summed E-state index contributed by atoms with van der Waals surface area (Å²) < 4.78 is 0. The molecule has 0 aromatic carbocycles. The number of rotatable bonds is 6. The van der Waals surface area contributed by atoms with Gasteiger partial charge in [0.1, 0.15) is 0 Å². The van der Waals surface area contributed by atoms with Gasteiger partial charge < -0.3 is 10.2 Å². The van der Waals surface area contributed by atoms with Gasteiger partial charge in [0.05, 0.1) is 11.5 Å². The summed E-state index contributed by atoms with van der Waals surface area (Å²) in [5.74, 6) is -0.726. The van der Waals surface area contributed by atoms with E-state index in [4.69, 9.17) is 0 Å². The minimum absolute atomic E-state index is 0.581. The van der Waals surface area contributed by atoms with E-state index in [-0.39, 0.29) is 0 Å². The summed E-state index contributed by atoms with van der Waals surface area (Å²) in [6, 6.07) is 0. The van der Waals surface area contributed by atoms with Crippen molar-refractivity contribution in [2.45, 2.75) is 77.2 Å². The quantitative estimate of drug-likeness (QED) is 0.714. The van der Waals surface area contributed by atoms with Gasteiger partial charge in [-0.3, -0.25) is 4.79 Å². The van der Waals surface area contributed by atoms with Crippen LogP contribution < -0.4 is 0 Å². The number of carboxylic acid groups (broad SMARTS) is 1. The van der Waals surface area contributed by atoms with Crippen molar-refractivity contribution in [1.29, 1.82) is 0 Å². The van der Waals surface area contributed by atoms with Gasteiger partial charge in [-0.05, 0) is 31.6 Å². The highest BCUT2D eigenvalue weighted by molar-refractivity contribution is 5.71. The van der Waals surface area contributed by atoms with Gasteiger partial charge in [-0.15, -0.1) is 0 Å². The Kier molecular flexibility index (Phi) is 6.13. The van der Waals surface area contributed by atoms with Gasteiger partial charge in [-0.25, -0.2) is 0 Å². The van der Waals surface area contributed by atoms with Crippen molar-refractivity contribution < 1.29 is 15.0 Å². The predicted octanol–water partition coefficient (Wildman–Crippen LogP) is 3.60. The Balaban J connectivity index is 2.69. The van der Waals surface area contributed by atoms with Gasteiger partial charge in [0.25, 0.3) is 0 Å². The molecule has 0 aliphatic heterocycles. The van der Waals surface area contributed by atoms with E-state index in [1.165, 1.54) is 12.8 Å². The topological polar surface area (TPSA) is 57.5 Å². The molecule has 3 unspecified atom stereocenters. The van der Waals surface area contributed by atoms with Crippen LogP contribution in [0.2, 0.25) is 0 Å². The predicted molar refractivity (Wildman–Crippen MR) is 72.5 cm³/mol. The Labute approximate surface area is 111 Å². The van der Waals surface area contributed by atoms with Crippen LogP contribution in [0, 0.1) is 11.8 Å². The lowest BCUT2D eigenvalue weighted by Crippen LogP contribution is -2.42. The lowest BCUT2D eigenvalue weighted by Gasteiger charge is -2.33. The summed E-state index contributed by atoms with van der Waals surface area (Å²) in [5.41, 5.74) is -0.968. The fourth-order valence-corrected chi connectivity index (χ4v) is 3.38. The number of hydrogen-bond acceptors (Lipinski definition) is 2. The summed E-state index contributed by atoms with van der Waals surface area (Å²) >= 11 is 0. The molecule has 0 heterocycles. The molecule has 0 saturated heterocycles. The molecule has 3 heteroatoms. The van der Waals surface area contributed by atoms with Crippen LogP contribution in [0.15, 0.2) is 0 Å². The van der Waals surface area contributed by atoms with Crippen molar-refractivity contribution >= 4 is 5.97 Å². The van der Waals surface area contributed by atoms with E-state index < -0.39 is 17.5 Å². The molecule has 0 spiro atoms.